The second-order valence-corrected chi connectivity index (χ2v) is 11.3. The van der Waals surface area contributed by atoms with Gasteiger partial charge < -0.3 is 36.1 Å². The van der Waals surface area contributed by atoms with Gasteiger partial charge in [0.25, 0.3) is 5.91 Å². The van der Waals surface area contributed by atoms with Crippen LogP contribution in [0.15, 0.2) is 42.9 Å². The summed E-state index contributed by atoms with van der Waals surface area (Å²) in [6.07, 6.45) is 10.5. The first-order valence-corrected chi connectivity index (χ1v) is 15.1. The van der Waals surface area contributed by atoms with Crippen LogP contribution in [0.1, 0.15) is 48.9 Å². The van der Waals surface area contributed by atoms with Gasteiger partial charge in [0.15, 0.2) is 0 Å². The minimum Gasteiger partial charge on any atom is -0.378 e. The van der Waals surface area contributed by atoms with Crippen LogP contribution in [0.5, 0.6) is 0 Å². The van der Waals surface area contributed by atoms with Gasteiger partial charge in [-0.2, -0.15) is 0 Å². The first-order valence-electron chi connectivity index (χ1n) is 15.1. The fourth-order valence-corrected chi connectivity index (χ4v) is 5.76. The SMILES string of the molecule is CN(CCOCCOCCN)C(=O)C1CCC(N(c2cc(Nc3ccc4cnccc4n3)ncc2C(N)=O)C2CC2)CC1.Cl. The van der Waals surface area contributed by atoms with E-state index in [9.17, 15) is 9.59 Å². The minimum absolute atomic E-state index is 0. The van der Waals surface area contributed by atoms with E-state index in [1.54, 1.807) is 23.5 Å². The molecule has 2 amide bonds. The van der Waals surface area contributed by atoms with Crippen molar-refractivity contribution in [1.82, 2.24) is 19.9 Å². The molecule has 3 aromatic rings. The fourth-order valence-electron chi connectivity index (χ4n) is 5.76. The van der Waals surface area contributed by atoms with Crippen molar-refractivity contribution >= 4 is 52.4 Å². The number of hydrogen-bond donors (Lipinski definition) is 3. The zero-order valence-electron chi connectivity index (χ0n) is 25.2. The van der Waals surface area contributed by atoms with E-state index in [2.05, 4.69) is 25.2 Å². The third-order valence-electron chi connectivity index (χ3n) is 8.13. The number of nitrogens with zero attached hydrogens (tertiary/aromatic N) is 5. The number of fused-ring (bicyclic) bond motifs is 1. The van der Waals surface area contributed by atoms with Gasteiger partial charge in [-0.25, -0.2) is 9.97 Å². The molecule has 238 valence electrons. The van der Waals surface area contributed by atoms with E-state index < -0.39 is 5.91 Å². The monoisotopic (exact) mass is 626 g/mol. The Hall–Kier alpha value is -3.58. The minimum atomic E-state index is -0.505. The summed E-state index contributed by atoms with van der Waals surface area (Å²) in [5.74, 6) is 0.872. The Morgan fingerprint density at radius 3 is 2.34 bits per heavy atom. The van der Waals surface area contributed by atoms with E-state index in [0.29, 0.717) is 62.8 Å². The molecule has 2 saturated carbocycles. The van der Waals surface area contributed by atoms with Crippen LogP contribution in [0.25, 0.3) is 10.9 Å². The highest BCUT2D eigenvalue weighted by Gasteiger charge is 2.39. The Kier molecular flexibility index (Phi) is 12.1. The fraction of sp³-hybridized carbons (Fsp3) is 0.516. The molecule has 2 aliphatic carbocycles. The molecule has 12 nitrogen and oxygen atoms in total. The largest absolute Gasteiger partial charge is 0.378 e. The second-order valence-electron chi connectivity index (χ2n) is 11.3. The van der Waals surface area contributed by atoms with E-state index >= 15 is 0 Å². The van der Waals surface area contributed by atoms with Crippen LogP contribution in [-0.2, 0) is 14.3 Å². The Bertz CT molecular complexity index is 1400. The second kappa shape index (κ2) is 15.9. The molecule has 0 atom stereocenters. The number of primary amides is 1. The maximum atomic E-state index is 13.2. The number of carbonyl (C=O) groups is 2. The van der Waals surface area contributed by atoms with Crippen molar-refractivity contribution in [2.75, 3.05) is 56.8 Å². The van der Waals surface area contributed by atoms with Crippen molar-refractivity contribution in [3.05, 3.63) is 48.4 Å². The lowest BCUT2D eigenvalue weighted by atomic mass is 9.84. The summed E-state index contributed by atoms with van der Waals surface area (Å²) in [6, 6.07) is 8.15. The van der Waals surface area contributed by atoms with Gasteiger partial charge in [-0.1, -0.05) is 0 Å². The van der Waals surface area contributed by atoms with E-state index in [-0.39, 0.29) is 30.3 Å². The van der Waals surface area contributed by atoms with Crippen molar-refractivity contribution < 1.29 is 19.1 Å². The third-order valence-corrected chi connectivity index (χ3v) is 8.13. The van der Waals surface area contributed by atoms with Crippen molar-refractivity contribution in [3.8, 4) is 0 Å². The van der Waals surface area contributed by atoms with E-state index in [0.717, 1.165) is 55.1 Å². The number of nitrogens with two attached hydrogens (primary N) is 2. The molecule has 44 heavy (non-hydrogen) atoms. The summed E-state index contributed by atoms with van der Waals surface area (Å²) < 4.78 is 10.9. The Balaban J connectivity index is 0.00000442. The highest BCUT2D eigenvalue weighted by Crippen LogP contribution is 2.41. The number of anilines is 3. The van der Waals surface area contributed by atoms with Crippen molar-refractivity contribution in [2.24, 2.45) is 17.4 Å². The molecule has 0 saturated heterocycles. The van der Waals surface area contributed by atoms with Gasteiger partial charge in [0.05, 0.1) is 43.2 Å². The Labute approximate surface area is 264 Å². The van der Waals surface area contributed by atoms with Gasteiger partial charge in [-0.05, 0) is 56.7 Å². The molecule has 3 aromatic heterocycles. The summed E-state index contributed by atoms with van der Waals surface area (Å²) >= 11 is 0. The molecule has 5 rings (SSSR count). The lowest BCUT2D eigenvalue weighted by molar-refractivity contribution is -0.136. The van der Waals surface area contributed by atoms with Gasteiger partial charge in [-0.15, -0.1) is 12.4 Å². The molecular weight excluding hydrogens is 584 g/mol. The average molecular weight is 627 g/mol. The van der Waals surface area contributed by atoms with Gasteiger partial charge in [0.2, 0.25) is 5.91 Å². The van der Waals surface area contributed by atoms with Crippen molar-refractivity contribution in [1.29, 1.82) is 0 Å². The van der Waals surface area contributed by atoms with Crippen LogP contribution in [0.4, 0.5) is 17.3 Å². The van der Waals surface area contributed by atoms with Crippen LogP contribution in [-0.4, -0.2) is 90.3 Å². The van der Waals surface area contributed by atoms with Crippen LogP contribution in [0, 0.1) is 5.92 Å². The summed E-state index contributed by atoms with van der Waals surface area (Å²) in [6.45, 7) is 3.02. The lowest BCUT2D eigenvalue weighted by Gasteiger charge is -2.39. The molecule has 13 heteroatoms. The molecule has 0 aliphatic heterocycles. The molecule has 3 heterocycles. The van der Waals surface area contributed by atoms with Crippen LogP contribution < -0.4 is 21.7 Å². The number of amides is 2. The van der Waals surface area contributed by atoms with Crippen molar-refractivity contribution in [2.45, 2.75) is 50.6 Å². The molecule has 0 aromatic carbocycles. The topological polar surface area (TPSA) is 162 Å². The molecular formula is C31H43ClN8O4. The molecule has 2 aliphatic rings. The maximum absolute atomic E-state index is 13.2. The number of likely N-dealkylation sites (N-methyl/N-ethyl adjacent to an activating group) is 1. The number of rotatable bonds is 15. The zero-order chi connectivity index (χ0) is 30.2. The molecule has 0 unspecified atom stereocenters. The molecule has 0 spiro atoms. The predicted octanol–water partition coefficient (Wildman–Crippen LogP) is 3.27. The smallest absolute Gasteiger partial charge is 0.252 e. The van der Waals surface area contributed by atoms with Crippen LogP contribution in [0.3, 0.4) is 0 Å². The highest BCUT2D eigenvalue weighted by molar-refractivity contribution is 5.99. The van der Waals surface area contributed by atoms with E-state index in [4.69, 9.17) is 20.9 Å². The summed E-state index contributed by atoms with van der Waals surface area (Å²) in [5.41, 5.74) is 13.3. The third kappa shape index (κ3) is 8.53. The number of ether oxygens (including phenoxy) is 2. The number of carbonyl (C=O) groups excluding carboxylic acids is 2. The normalized spacial score (nSPS) is 18.0. The number of pyridine rings is 3. The number of nitrogens with one attached hydrogen (secondary N) is 1. The van der Waals surface area contributed by atoms with E-state index in [1.165, 1.54) is 0 Å². The van der Waals surface area contributed by atoms with Crippen LogP contribution >= 0.6 is 12.4 Å². The Morgan fingerprint density at radius 2 is 1.66 bits per heavy atom. The van der Waals surface area contributed by atoms with Gasteiger partial charge in [0.1, 0.15) is 11.6 Å². The van der Waals surface area contributed by atoms with Crippen LogP contribution in [0.2, 0.25) is 0 Å². The number of hydrogen-bond acceptors (Lipinski definition) is 10. The van der Waals surface area contributed by atoms with E-state index in [1.807, 2.05) is 31.3 Å². The quantitative estimate of drug-likeness (QED) is 0.213. The molecule has 2 fully saturated rings. The molecule has 0 bridgehead atoms. The maximum Gasteiger partial charge on any atom is 0.252 e. The number of halogens is 1. The lowest BCUT2D eigenvalue weighted by Crippen LogP contribution is -2.44. The summed E-state index contributed by atoms with van der Waals surface area (Å²) in [4.78, 5) is 43.1. The van der Waals surface area contributed by atoms with Gasteiger partial charge in [-0.3, -0.25) is 14.6 Å². The highest BCUT2D eigenvalue weighted by atomic mass is 35.5. The number of aromatic nitrogens is 3. The zero-order valence-corrected chi connectivity index (χ0v) is 26.0. The molecule has 0 radical (unpaired) electrons. The predicted molar refractivity (Wildman–Crippen MR) is 172 cm³/mol. The first-order chi connectivity index (χ1) is 20.9. The van der Waals surface area contributed by atoms with Crippen molar-refractivity contribution in [3.63, 3.8) is 0 Å². The van der Waals surface area contributed by atoms with Gasteiger partial charge >= 0.3 is 0 Å². The Morgan fingerprint density at radius 1 is 0.955 bits per heavy atom. The first kappa shape index (κ1) is 33.3. The standard InChI is InChI=1S/C31H42N8O4.ClH/c1-38(13-15-43-17-16-42-14-11-32)31(41)21-2-5-23(6-3-21)39(24-7-8-24)27-18-29(35-20-25(27)30(33)40)37-28-9-4-22-19-34-12-10-26(22)36-28;/h4,9-10,12,18-21,23-24H,2-3,5-8,11,13-17,32H2,1H3,(H2,33,40)(H,35,36,37);1H. The summed E-state index contributed by atoms with van der Waals surface area (Å²) in [7, 11) is 1.84. The average Bonchev–Trinajstić information content (AvgIpc) is 3.86. The summed E-state index contributed by atoms with van der Waals surface area (Å²) in [5, 5.41) is 4.24. The van der Waals surface area contributed by atoms with Gasteiger partial charge in [0, 0.05) is 68.2 Å². The molecule has 5 N–H and O–H groups in total.